The van der Waals surface area contributed by atoms with E-state index in [-0.39, 0.29) is 5.22 Å². The Labute approximate surface area is 112 Å². The number of hydrogen-bond donors (Lipinski definition) is 0. The Kier molecular flexibility index (Phi) is 3.78. The van der Waals surface area contributed by atoms with Crippen molar-refractivity contribution in [1.82, 2.24) is 0 Å². The van der Waals surface area contributed by atoms with E-state index in [0.717, 1.165) is 19.4 Å². The summed E-state index contributed by atoms with van der Waals surface area (Å²) in [5.41, 5.74) is 1.39. The largest absolute Gasteiger partial charge is 0.374 e. The van der Waals surface area contributed by atoms with Crippen LogP contribution in [0.2, 0.25) is 13.1 Å². The molecule has 2 rings (SSSR count). The molecule has 1 unspecified atom stereocenters. The van der Waals surface area contributed by atoms with Gasteiger partial charge in [-0.1, -0.05) is 54.7 Å². The van der Waals surface area contributed by atoms with Crippen LogP contribution in [0, 0.1) is 0 Å². The fraction of sp³-hybridized carbons (Fsp3) is 0.500. The summed E-state index contributed by atoms with van der Waals surface area (Å²) in [5, 5.41) is 1.48. The van der Waals surface area contributed by atoms with Crippen LogP contribution in [-0.2, 0) is 4.74 Å². The van der Waals surface area contributed by atoms with Crippen LogP contribution < -0.4 is 0 Å². The van der Waals surface area contributed by atoms with Crippen LogP contribution >= 0.6 is 0 Å². The molecule has 2 aliphatic carbocycles. The number of rotatable bonds is 4. The summed E-state index contributed by atoms with van der Waals surface area (Å²) in [6, 6.07) is 0. The van der Waals surface area contributed by atoms with Crippen LogP contribution in [0.25, 0.3) is 0 Å². The minimum absolute atomic E-state index is 0.0585. The van der Waals surface area contributed by atoms with Crippen LogP contribution in [0.5, 0.6) is 0 Å². The highest BCUT2D eigenvalue weighted by Gasteiger charge is 2.50. The van der Waals surface area contributed by atoms with Gasteiger partial charge in [0.15, 0.2) is 0 Å². The van der Waals surface area contributed by atoms with Crippen molar-refractivity contribution in [1.29, 1.82) is 0 Å². The van der Waals surface area contributed by atoms with E-state index in [0.29, 0.717) is 0 Å². The Bertz CT molecular complexity index is 440. The third-order valence-electron chi connectivity index (χ3n) is 4.42. The van der Waals surface area contributed by atoms with E-state index in [2.05, 4.69) is 63.4 Å². The lowest BCUT2D eigenvalue weighted by Crippen LogP contribution is -2.58. The molecule has 0 radical (unpaired) electrons. The Balaban J connectivity index is 2.44. The molecule has 0 heterocycles. The SMILES string of the molecule is CCOC1([Si](C)(C)C2=CCC=C2)CC=CC=C1C. The average Bonchev–Trinajstić information content (AvgIpc) is 2.86. The number of ether oxygens (including phenoxy) is 1. The minimum Gasteiger partial charge on any atom is -0.374 e. The third-order valence-corrected chi connectivity index (χ3v) is 8.99. The van der Waals surface area contributed by atoms with E-state index in [1.165, 1.54) is 5.57 Å². The lowest BCUT2D eigenvalue weighted by molar-refractivity contribution is 0.0470. The zero-order chi connectivity index (χ0) is 13.2. The molecule has 0 aromatic rings. The quantitative estimate of drug-likeness (QED) is 0.683. The first kappa shape index (κ1) is 13.6. The Hall–Kier alpha value is -0.863. The smallest absolute Gasteiger partial charge is 0.122 e. The molecule has 2 heteroatoms. The molecule has 0 fully saturated rings. The zero-order valence-corrected chi connectivity index (χ0v) is 13.0. The molecule has 98 valence electrons. The summed E-state index contributed by atoms with van der Waals surface area (Å²) in [7, 11) is -1.67. The van der Waals surface area contributed by atoms with Crippen molar-refractivity contribution in [3.8, 4) is 0 Å². The van der Waals surface area contributed by atoms with Gasteiger partial charge in [0, 0.05) is 6.61 Å². The summed E-state index contributed by atoms with van der Waals surface area (Å²) in [5.74, 6) is 0. The average molecular weight is 260 g/mol. The van der Waals surface area contributed by atoms with Gasteiger partial charge in [0.05, 0.1) is 5.22 Å². The van der Waals surface area contributed by atoms with Gasteiger partial charge in [0.25, 0.3) is 0 Å². The molecule has 0 bridgehead atoms. The van der Waals surface area contributed by atoms with Crippen LogP contribution in [0.4, 0.5) is 0 Å². The molecular weight excluding hydrogens is 236 g/mol. The molecule has 0 aromatic carbocycles. The summed E-state index contributed by atoms with van der Waals surface area (Å²) < 4.78 is 6.33. The topological polar surface area (TPSA) is 9.23 Å². The van der Waals surface area contributed by atoms with Crippen molar-refractivity contribution in [3.63, 3.8) is 0 Å². The van der Waals surface area contributed by atoms with Crippen molar-refractivity contribution in [2.24, 2.45) is 0 Å². The predicted octanol–water partition coefficient (Wildman–Crippen LogP) is 4.34. The molecule has 0 aliphatic heterocycles. The number of allylic oxidation sites excluding steroid dienone is 6. The van der Waals surface area contributed by atoms with Crippen LogP contribution in [-0.4, -0.2) is 19.9 Å². The third kappa shape index (κ3) is 1.98. The van der Waals surface area contributed by atoms with E-state index in [1.54, 1.807) is 5.20 Å². The van der Waals surface area contributed by atoms with Gasteiger partial charge >= 0.3 is 0 Å². The van der Waals surface area contributed by atoms with Gasteiger partial charge in [0.2, 0.25) is 0 Å². The van der Waals surface area contributed by atoms with Gasteiger partial charge in [-0.3, -0.25) is 0 Å². The summed E-state index contributed by atoms with van der Waals surface area (Å²) in [6.07, 6.45) is 15.7. The lowest BCUT2D eigenvalue weighted by Gasteiger charge is -2.47. The molecule has 0 aromatic heterocycles. The lowest BCUT2D eigenvalue weighted by atomic mass is 10.0. The summed E-state index contributed by atoms with van der Waals surface area (Å²) in [6.45, 7) is 10.0. The highest BCUT2D eigenvalue weighted by molar-refractivity contribution is 6.88. The first-order valence-corrected chi connectivity index (χ1v) is 9.89. The second-order valence-electron chi connectivity index (χ2n) is 5.66. The molecule has 1 nitrogen and oxygen atoms in total. The van der Waals surface area contributed by atoms with Gasteiger partial charge < -0.3 is 4.74 Å². The van der Waals surface area contributed by atoms with Gasteiger partial charge in [-0.05, 0) is 32.3 Å². The Morgan fingerprint density at radius 1 is 1.33 bits per heavy atom. The highest BCUT2D eigenvalue weighted by atomic mass is 28.3. The second kappa shape index (κ2) is 5.02. The van der Waals surface area contributed by atoms with Crippen LogP contribution in [0.1, 0.15) is 26.7 Å². The molecule has 0 N–H and O–H groups in total. The predicted molar refractivity (Wildman–Crippen MR) is 81.2 cm³/mol. The van der Waals surface area contributed by atoms with Gasteiger partial charge in [0.1, 0.15) is 8.07 Å². The van der Waals surface area contributed by atoms with E-state index < -0.39 is 8.07 Å². The standard InChI is InChI=1S/C16H24OSi/c1-5-17-16(13-9-8-10-14(16)2)18(3,4)15-11-6-7-12-15/h6,8-12H,5,7,13H2,1-4H3. The molecule has 0 saturated carbocycles. The van der Waals surface area contributed by atoms with Crippen molar-refractivity contribution >= 4 is 8.07 Å². The van der Waals surface area contributed by atoms with E-state index in [1.807, 2.05) is 0 Å². The van der Waals surface area contributed by atoms with E-state index in [4.69, 9.17) is 4.74 Å². The number of hydrogen-bond acceptors (Lipinski definition) is 1. The summed E-state index contributed by atoms with van der Waals surface area (Å²) >= 11 is 0. The second-order valence-corrected chi connectivity index (χ2v) is 10.3. The van der Waals surface area contributed by atoms with Gasteiger partial charge in [-0.15, -0.1) is 0 Å². The Morgan fingerprint density at radius 3 is 2.67 bits per heavy atom. The monoisotopic (exact) mass is 260 g/mol. The highest BCUT2D eigenvalue weighted by Crippen LogP contribution is 2.42. The van der Waals surface area contributed by atoms with Gasteiger partial charge in [-0.25, -0.2) is 0 Å². The van der Waals surface area contributed by atoms with Crippen molar-refractivity contribution in [3.05, 3.63) is 47.2 Å². The molecule has 18 heavy (non-hydrogen) atoms. The van der Waals surface area contributed by atoms with Gasteiger partial charge in [-0.2, -0.15) is 0 Å². The molecule has 2 aliphatic rings. The first-order valence-electron chi connectivity index (χ1n) is 6.89. The molecule has 0 saturated heterocycles. The zero-order valence-electron chi connectivity index (χ0n) is 12.0. The summed E-state index contributed by atoms with van der Waals surface area (Å²) in [4.78, 5) is 0. The molecule has 1 atom stereocenters. The Morgan fingerprint density at radius 2 is 2.11 bits per heavy atom. The maximum Gasteiger partial charge on any atom is 0.122 e. The fourth-order valence-electron chi connectivity index (χ4n) is 3.24. The minimum atomic E-state index is -1.67. The van der Waals surface area contributed by atoms with Crippen molar-refractivity contribution in [2.75, 3.05) is 6.61 Å². The van der Waals surface area contributed by atoms with Crippen molar-refractivity contribution < 1.29 is 4.74 Å². The van der Waals surface area contributed by atoms with Crippen LogP contribution in [0.15, 0.2) is 47.2 Å². The molecule has 0 spiro atoms. The van der Waals surface area contributed by atoms with Crippen LogP contribution in [0.3, 0.4) is 0 Å². The van der Waals surface area contributed by atoms with E-state index >= 15 is 0 Å². The normalized spacial score (nSPS) is 27.3. The first-order chi connectivity index (χ1) is 8.54. The molecule has 0 amide bonds. The maximum absolute atomic E-state index is 6.33. The maximum atomic E-state index is 6.33. The van der Waals surface area contributed by atoms with Crippen molar-refractivity contribution in [2.45, 2.75) is 45.0 Å². The van der Waals surface area contributed by atoms with E-state index in [9.17, 15) is 0 Å². The fourth-order valence-corrected chi connectivity index (χ4v) is 7.08. The molecular formula is C16H24OSi.